The Morgan fingerprint density at radius 3 is 2.89 bits per heavy atom. The van der Waals surface area contributed by atoms with Gasteiger partial charge in [0.2, 0.25) is 0 Å². The topological polar surface area (TPSA) is 91.3 Å². The molecule has 3 N–H and O–H groups in total. The number of aliphatic hydroxyl groups is 1. The number of rotatable bonds is 6. The van der Waals surface area contributed by atoms with E-state index in [1.807, 2.05) is 13.8 Å². The number of nitrogens with one attached hydrogen (secondary N) is 2. The van der Waals surface area contributed by atoms with Crippen molar-refractivity contribution in [3.63, 3.8) is 0 Å². The fourth-order valence-electron chi connectivity index (χ4n) is 1.01. The molecule has 0 aromatic carbocycles. The van der Waals surface area contributed by atoms with E-state index < -0.39 is 10.2 Å². The fraction of sp³-hybridized carbons (Fsp3) is 0.545. The van der Waals surface area contributed by atoms with Gasteiger partial charge in [0, 0.05) is 13.0 Å². The van der Waals surface area contributed by atoms with Crippen molar-refractivity contribution < 1.29 is 13.5 Å². The molecule has 19 heavy (non-hydrogen) atoms. The van der Waals surface area contributed by atoms with E-state index in [0.29, 0.717) is 17.8 Å². The largest absolute Gasteiger partial charge is 0.395 e. The summed E-state index contributed by atoms with van der Waals surface area (Å²) in [6, 6.07) is 0. The Kier molecular flexibility index (Phi) is 6.24. The quantitative estimate of drug-likeness (QED) is 0.677. The van der Waals surface area contributed by atoms with Crippen LogP contribution in [0.25, 0.3) is 0 Å². The third-order valence-corrected chi connectivity index (χ3v) is 3.82. The van der Waals surface area contributed by atoms with Gasteiger partial charge in [0.1, 0.15) is 0 Å². The Hall–Kier alpha value is -1.14. The van der Waals surface area contributed by atoms with Crippen molar-refractivity contribution in [2.24, 2.45) is 5.92 Å². The highest BCUT2D eigenvalue weighted by molar-refractivity contribution is 7.91. The van der Waals surface area contributed by atoms with Crippen molar-refractivity contribution in [3.8, 4) is 11.8 Å². The van der Waals surface area contributed by atoms with E-state index in [9.17, 15) is 8.42 Å². The first-order valence-corrected chi connectivity index (χ1v) is 8.06. The summed E-state index contributed by atoms with van der Waals surface area (Å²) in [6.07, 6.45) is 1.88. The van der Waals surface area contributed by atoms with Gasteiger partial charge in [-0.3, -0.25) is 0 Å². The van der Waals surface area contributed by atoms with E-state index in [1.54, 1.807) is 0 Å². The molecule has 1 aromatic rings. The molecule has 6 nitrogen and oxygen atoms in total. The Morgan fingerprint density at radius 1 is 1.53 bits per heavy atom. The van der Waals surface area contributed by atoms with Gasteiger partial charge < -0.3 is 5.11 Å². The van der Waals surface area contributed by atoms with Crippen LogP contribution in [0.3, 0.4) is 0 Å². The van der Waals surface area contributed by atoms with Crippen LogP contribution in [0, 0.1) is 17.8 Å². The Bertz CT molecular complexity index is 555. The molecule has 0 aliphatic rings. The van der Waals surface area contributed by atoms with Gasteiger partial charge >= 0.3 is 10.2 Å². The molecule has 8 heteroatoms. The molecular formula is C11H17N3O3S2. The molecule has 1 rings (SSSR count). The highest BCUT2D eigenvalue weighted by Crippen LogP contribution is 2.17. The van der Waals surface area contributed by atoms with Crippen LogP contribution in [0.15, 0.2) is 6.20 Å². The van der Waals surface area contributed by atoms with Crippen LogP contribution in [0.5, 0.6) is 0 Å². The molecule has 0 amide bonds. The van der Waals surface area contributed by atoms with Crippen LogP contribution < -0.4 is 9.44 Å². The van der Waals surface area contributed by atoms with Gasteiger partial charge in [-0.1, -0.05) is 37.0 Å². The summed E-state index contributed by atoms with van der Waals surface area (Å²) < 4.78 is 28.1. The summed E-state index contributed by atoms with van der Waals surface area (Å²) in [5, 5.41) is 8.86. The lowest BCUT2D eigenvalue weighted by Crippen LogP contribution is -2.32. The number of nitrogens with zero attached hydrogens (tertiary/aromatic N) is 1. The van der Waals surface area contributed by atoms with Gasteiger partial charge in [0.05, 0.1) is 17.7 Å². The SMILES string of the molecule is CC(C)CNS(=O)(=O)Nc1ncc(C#CCCO)s1. The summed E-state index contributed by atoms with van der Waals surface area (Å²) in [7, 11) is -3.58. The molecule has 1 heterocycles. The number of anilines is 1. The van der Waals surface area contributed by atoms with Crippen molar-refractivity contribution in [1.29, 1.82) is 0 Å². The number of thiazole rings is 1. The van der Waals surface area contributed by atoms with Crippen molar-refractivity contribution in [3.05, 3.63) is 11.1 Å². The molecule has 0 bridgehead atoms. The molecule has 0 spiro atoms. The van der Waals surface area contributed by atoms with Gasteiger partial charge in [-0.25, -0.2) is 9.71 Å². The summed E-state index contributed by atoms with van der Waals surface area (Å²) in [5.41, 5.74) is 0. The van der Waals surface area contributed by atoms with Crippen molar-refractivity contribution in [2.45, 2.75) is 20.3 Å². The maximum Gasteiger partial charge on any atom is 0.300 e. The predicted octanol–water partition coefficient (Wildman–Crippen LogP) is 0.779. The lowest BCUT2D eigenvalue weighted by molar-refractivity contribution is 0.305. The van der Waals surface area contributed by atoms with Gasteiger partial charge in [-0.05, 0) is 5.92 Å². The third-order valence-electron chi connectivity index (χ3n) is 1.86. The van der Waals surface area contributed by atoms with E-state index >= 15 is 0 Å². The Morgan fingerprint density at radius 2 is 2.26 bits per heavy atom. The molecular weight excluding hydrogens is 286 g/mol. The van der Waals surface area contributed by atoms with Crippen molar-refractivity contribution >= 4 is 26.7 Å². The number of hydrogen-bond acceptors (Lipinski definition) is 5. The molecule has 0 aliphatic heterocycles. The lowest BCUT2D eigenvalue weighted by Gasteiger charge is -2.08. The van der Waals surface area contributed by atoms with Crippen molar-refractivity contribution in [1.82, 2.24) is 9.71 Å². The molecule has 1 aromatic heterocycles. The molecule has 0 unspecified atom stereocenters. The van der Waals surface area contributed by atoms with Crippen LogP contribution >= 0.6 is 11.3 Å². The second kappa shape index (κ2) is 7.45. The van der Waals surface area contributed by atoms with Crippen LogP contribution in [-0.4, -0.2) is 31.7 Å². The maximum atomic E-state index is 11.6. The fourth-order valence-corrected chi connectivity index (χ4v) is 2.96. The second-order valence-corrected chi connectivity index (χ2v) is 6.68. The first kappa shape index (κ1) is 15.9. The summed E-state index contributed by atoms with van der Waals surface area (Å²) >= 11 is 1.15. The van der Waals surface area contributed by atoms with E-state index in [1.165, 1.54) is 6.20 Å². The van der Waals surface area contributed by atoms with Gasteiger partial charge in [0.15, 0.2) is 5.13 Å². The van der Waals surface area contributed by atoms with E-state index in [4.69, 9.17) is 5.11 Å². The molecule has 0 aliphatic carbocycles. The van der Waals surface area contributed by atoms with Gasteiger partial charge in [-0.15, -0.1) is 0 Å². The smallest absolute Gasteiger partial charge is 0.300 e. The second-order valence-electron chi connectivity index (χ2n) is 4.15. The highest BCUT2D eigenvalue weighted by atomic mass is 32.2. The first-order chi connectivity index (χ1) is 8.93. The van der Waals surface area contributed by atoms with Crippen LogP contribution in [0.2, 0.25) is 0 Å². The zero-order valence-corrected chi connectivity index (χ0v) is 12.4. The average molecular weight is 303 g/mol. The maximum absolute atomic E-state index is 11.6. The van der Waals surface area contributed by atoms with Crippen LogP contribution in [-0.2, 0) is 10.2 Å². The summed E-state index contributed by atoms with van der Waals surface area (Å²) in [4.78, 5) is 4.58. The molecule has 0 saturated carbocycles. The van der Waals surface area contributed by atoms with E-state index in [-0.39, 0.29) is 17.7 Å². The number of hydrogen-bond donors (Lipinski definition) is 3. The third kappa shape index (κ3) is 6.54. The Labute approximate surface area is 117 Å². The average Bonchev–Trinajstić information content (AvgIpc) is 2.74. The minimum absolute atomic E-state index is 0.00438. The Balaban J connectivity index is 2.61. The van der Waals surface area contributed by atoms with Crippen LogP contribution in [0.4, 0.5) is 5.13 Å². The minimum atomic E-state index is -3.58. The zero-order chi connectivity index (χ0) is 14.3. The van der Waals surface area contributed by atoms with E-state index in [2.05, 4.69) is 26.3 Å². The lowest BCUT2D eigenvalue weighted by atomic mass is 10.2. The minimum Gasteiger partial charge on any atom is -0.395 e. The monoisotopic (exact) mass is 303 g/mol. The molecule has 0 atom stereocenters. The molecule has 0 fully saturated rings. The predicted molar refractivity (Wildman–Crippen MR) is 76.1 cm³/mol. The van der Waals surface area contributed by atoms with Crippen molar-refractivity contribution in [2.75, 3.05) is 17.9 Å². The molecule has 0 saturated heterocycles. The van der Waals surface area contributed by atoms with Crippen LogP contribution in [0.1, 0.15) is 25.1 Å². The first-order valence-electron chi connectivity index (χ1n) is 5.76. The zero-order valence-electron chi connectivity index (χ0n) is 10.8. The molecule has 106 valence electrons. The standard InChI is InChI=1S/C11H17N3O3S2/c1-9(2)7-13-19(16,17)14-11-12-8-10(18-11)5-3-4-6-15/h8-9,13,15H,4,6-7H2,1-2H3,(H,12,14). The number of aliphatic hydroxyl groups excluding tert-OH is 1. The van der Waals surface area contributed by atoms with E-state index in [0.717, 1.165) is 11.3 Å². The molecule has 0 radical (unpaired) electrons. The van der Waals surface area contributed by atoms with Gasteiger partial charge in [0.25, 0.3) is 0 Å². The summed E-state index contributed by atoms with van der Waals surface area (Å²) in [5.74, 6) is 5.77. The highest BCUT2D eigenvalue weighted by Gasteiger charge is 2.12. The van der Waals surface area contributed by atoms with Gasteiger partial charge in [-0.2, -0.15) is 13.1 Å². The number of aromatic nitrogens is 1. The summed E-state index contributed by atoms with van der Waals surface area (Å²) in [6.45, 7) is 4.20. The normalized spacial score (nSPS) is 11.2.